The third-order valence-corrected chi connectivity index (χ3v) is 4.49. The van der Waals surface area contributed by atoms with Crippen LogP contribution in [0, 0.1) is 0 Å². The van der Waals surface area contributed by atoms with Gasteiger partial charge in [0.05, 0.1) is 12.2 Å². The predicted molar refractivity (Wildman–Crippen MR) is 99.6 cm³/mol. The Balaban J connectivity index is 1.53. The fourth-order valence-corrected chi connectivity index (χ4v) is 3.09. The molecule has 2 N–H and O–H groups in total. The van der Waals surface area contributed by atoms with Crippen LogP contribution in [0.1, 0.15) is 22.8 Å². The quantitative estimate of drug-likeness (QED) is 0.851. The summed E-state index contributed by atoms with van der Waals surface area (Å²) < 4.78 is 5.47. The molecular formula is C20H25N3O2. The summed E-state index contributed by atoms with van der Waals surface area (Å²) in [6, 6.07) is 15.5. The molecule has 0 atom stereocenters. The highest BCUT2D eigenvalue weighted by Crippen LogP contribution is 2.17. The number of anilines is 1. The topological polar surface area (TPSA) is 58.8 Å². The van der Waals surface area contributed by atoms with Gasteiger partial charge in [0.15, 0.2) is 0 Å². The number of nitrogen functional groups attached to an aromatic ring is 1. The molecule has 3 rings (SSSR count). The number of hydrogen-bond donors (Lipinski definition) is 1. The number of nitrogens with zero attached hydrogens (tertiary/aromatic N) is 2. The second-order valence-electron chi connectivity index (χ2n) is 6.23. The van der Waals surface area contributed by atoms with Gasteiger partial charge in [-0.25, -0.2) is 0 Å². The Kier molecular flexibility index (Phi) is 5.56. The maximum absolute atomic E-state index is 12.6. The Labute approximate surface area is 149 Å². The van der Waals surface area contributed by atoms with Gasteiger partial charge in [-0.1, -0.05) is 24.3 Å². The molecule has 1 aliphatic rings. The summed E-state index contributed by atoms with van der Waals surface area (Å²) in [6.45, 7) is 6.74. The van der Waals surface area contributed by atoms with Crippen LogP contribution in [0.4, 0.5) is 5.69 Å². The molecule has 0 aliphatic carbocycles. The minimum atomic E-state index is 0.0267. The maximum Gasteiger partial charge on any atom is 0.256 e. The van der Waals surface area contributed by atoms with E-state index in [1.807, 2.05) is 36.1 Å². The largest absolute Gasteiger partial charge is 0.494 e. The molecule has 0 aromatic heterocycles. The van der Waals surface area contributed by atoms with Crippen molar-refractivity contribution in [2.75, 3.05) is 38.5 Å². The number of amides is 1. The van der Waals surface area contributed by atoms with Crippen molar-refractivity contribution in [3.8, 4) is 5.75 Å². The van der Waals surface area contributed by atoms with Crippen molar-refractivity contribution >= 4 is 11.6 Å². The van der Waals surface area contributed by atoms with Crippen molar-refractivity contribution in [1.82, 2.24) is 9.80 Å². The summed E-state index contributed by atoms with van der Waals surface area (Å²) in [7, 11) is 0. The van der Waals surface area contributed by atoms with Crippen molar-refractivity contribution in [3.05, 3.63) is 59.7 Å². The lowest BCUT2D eigenvalue weighted by molar-refractivity contribution is 0.0629. The van der Waals surface area contributed by atoms with E-state index in [1.165, 1.54) is 5.56 Å². The second kappa shape index (κ2) is 8.03. The Morgan fingerprint density at radius 3 is 2.36 bits per heavy atom. The molecule has 5 nitrogen and oxygen atoms in total. The van der Waals surface area contributed by atoms with Gasteiger partial charge in [0.25, 0.3) is 5.91 Å². The molecule has 0 saturated carbocycles. The first-order valence-electron chi connectivity index (χ1n) is 8.75. The van der Waals surface area contributed by atoms with Gasteiger partial charge in [-0.15, -0.1) is 0 Å². The first kappa shape index (κ1) is 17.3. The van der Waals surface area contributed by atoms with Crippen LogP contribution in [0.2, 0.25) is 0 Å². The molecule has 5 heteroatoms. The van der Waals surface area contributed by atoms with Crippen LogP contribution >= 0.6 is 0 Å². The maximum atomic E-state index is 12.6. The van der Waals surface area contributed by atoms with E-state index in [9.17, 15) is 4.79 Å². The molecule has 0 radical (unpaired) electrons. The van der Waals surface area contributed by atoms with E-state index >= 15 is 0 Å². The van der Waals surface area contributed by atoms with Gasteiger partial charge in [-0.2, -0.15) is 0 Å². The molecule has 1 saturated heterocycles. The van der Waals surface area contributed by atoms with E-state index in [4.69, 9.17) is 10.5 Å². The minimum absolute atomic E-state index is 0.0267. The molecule has 2 aromatic carbocycles. The zero-order valence-corrected chi connectivity index (χ0v) is 14.6. The summed E-state index contributed by atoms with van der Waals surface area (Å²) in [6.07, 6.45) is 0. The average Bonchev–Trinajstić information content (AvgIpc) is 2.64. The van der Waals surface area contributed by atoms with Crippen LogP contribution < -0.4 is 10.5 Å². The smallest absolute Gasteiger partial charge is 0.256 e. The van der Waals surface area contributed by atoms with Crippen molar-refractivity contribution in [2.45, 2.75) is 13.5 Å². The monoisotopic (exact) mass is 339 g/mol. The molecular weight excluding hydrogens is 314 g/mol. The summed E-state index contributed by atoms with van der Waals surface area (Å²) in [5.41, 5.74) is 8.33. The van der Waals surface area contributed by atoms with E-state index in [1.54, 1.807) is 12.1 Å². The Morgan fingerprint density at radius 2 is 1.72 bits per heavy atom. The van der Waals surface area contributed by atoms with E-state index in [2.05, 4.69) is 17.0 Å². The lowest BCUT2D eigenvalue weighted by atomic mass is 10.1. The van der Waals surface area contributed by atoms with Crippen molar-refractivity contribution < 1.29 is 9.53 Å². The number of ether oxygens (including phenoxy) is 1. The van der Waals surface area contributed by atoms with Crippen LogP contribution in [0.3, 0.4) is 0 Å². The van der Waals surface area contributed by atoms with Crippen LogP contribution in [-0.2, 0) is 6.54 Å². The third kappa shape index (κ3) is 4.31. The highest BCUT2D eigenvalue weighted by atomic mass is 16.5. The number of nitrogens with two attached hydrogens (primary N) is 1. The molecule has 1 amide bonds. The van der Waals surface area contributed by atoms with Crippen molar-refractivity contribution in [2.24, 2.45) is 0 Å². The number of carbonyl (C=O) groups is 1. The van der Waals surface area contributed by atoms with Gasteiger partial charge in [-0.05, 0) is 36.8 Å². The zero-order valence-electron chi connectivity index (χ0n) is 14.6. The van der Waals surface area contributed by atoms with E-state index in [0.717, 1.165) is 38.5 Å². The minimum Gasteiger partial charge on any atom is -0.494 e. The average molecular weight is 339 g/mol. The number of rotatable bonds is 5. The fourth-order valence-electron chi connectivity index (χ4n) is 3.09. The Morgan fingerprint density at radius 1 is 1.04 bits per heavy atom. The van der Waals surface area contributed by atoms with Crippen LogP contribution in [0.15, 0.2) is 48.5 Å². The highest BCUT2D eigenvalue weighted by molar-refractivity contribution is 5.99. The molecule has 1 heterocycles. The number of piperazine rings is 1. The van der Waals surface area contributed by atoms with Crippen LogP contribution in [0.5, 0.6) is 5.75 Å². The van der Waals surface area contributed by atoms with Gasteiger partial charge in [0.2, 0.25) is 0 Å². The number of benzene rings is 2. The molecule has 1 aliphatic heterocycles. The first-order valence-corrected chi connectivity index (χ1v) is 8.75. The van der Waals surface area contributed by atoms with Gasteiger partial charge in [0.1, 0.15) is 5.75 Å². The van der Waals surface area contributed by atoms with Gasteiger partial charge in [-0.3, -0.25) is 9.69 Å². The standard InChI is InChI=1S/C20H25N3O2/c1-2-25-17-9-7-16(8-10-17)15-22-11-13-23(14-12-22)20(24)18-5-3-4-6-19(18)21/h3-10H,2,11-15,21H2,1H3. The summed E-state index contributed by atoms with van der Waals surface area (Å²) in [5, 5.41) is 0. The third-order valence-electron chi connectivity index (χ3n) is 4.49. The summed E-state index contributed by atoms with van der Waals surface area (Å²) >= 11 is 0. The number of carbonyl (C=O) groups excluding carboxylic acids is 1. The SMILES string of the molecule is CCOc1ccc(CN2CCN(C(=O)c3ccccc3N)CC2)cc1. The van der Waals surface area contributed by atoms with Gasteiger partial charge < -0.3 is 15.4 Å². The lowest BCUT2D eigenvalue weighted by Gasteiger charge is -2.35. The van der Waals surface area contributed by atoms with Crippen molar-refractivity contribution in [1.29, 1.82) is 0 Å². The van der Waals surface area contributed by atoms with E-state index in [0.29, 0.717) is 17.9 Å². The number of hydrogen-bond acceptors (Lipinski definition) is 4. The molecule has 1 fully saturated rings. The second-order valence-corrected chi connectivity index (χ2v) is 6.23. The number of para-hydroxylation sites is 1. The Bertz CT molecular complexity index is 707. The molecule has 132 valence electrons. The van der Waals surface area contributed by atoms with Crippen molar-refractivity contribution in [3.63, 3.8) is 0 Å². The van der Waals surface area contributed by atoms with Gasteiger partial charge >= 0.3 is 0 Å². The lowest BCUT2D eigenvalue weighted by Crippen LogP contribution is -2.48. The summed E-state index contributed by atoms with van der Waals surface area (Å²) in [4.78, 5) is 16.9. The molecule has 0 unspecified atom stereocenters. The fraction of sp³-hybridized carbons (Fsp3) is 0.350. The van der Waals surface area contributed by atoms with E-state index in [-0.39, 0.29) is 5.91 Å². The Hall–Kier alpha value is -2.53. The highest BCUT2D eigenvalue weighted by Gasteiger charge is 2.23. The van der Waals surface area contributed by atoms with Gasteiger partial charge in [0, 0.05) is 38.4 Å². The molecule has 2 aromatic rings. The zero-order chi connectivity index (χ0) is 17.6. The van der Waals surface area contributed by atoms with Crippen LogP contribution in [-0.4, -0.2) is 48.5 Å². The molecule has 25 heavy (non-hydrogen) atoms. The predicted octanol–water partition coefficient (Wildman–Crippen LogP) is 2.63. The normalized spacial score (nSPS) is 15.2. The molecule has 0 spiro atoms. The molecule has 0 bridgehead atoms. The van der Waals surface area contributed by atoms with E-state index < -0.39 is 0 Å². The summed E-state index contributed by atoms with van der Waals surface area (Å²) in [5.74, 6) is 0.931. The van der Waals surface area contributed by atoms with Crippen LogP contribution in [0.25, 0.3) is 0 Å². The first-order chi connectivity index (χ1) is 12.2.